The van der Waals surface area contributed by atoms with Crippen LogP contribution in [0.4, 0.5) is 5.69 Å². The van der Waals surface area contributed by atoms with Gasteiger partial charge in [-0.1, -0.05) is 80.1 Å². The molecule has 0 fully saturated rings. The highest BCUT2D eigenvalue weighted by molar-refractivity contribution is 6.08. The third-order valence-electron chi connectivity index (χ3n) is 4.50. The first kappa shape index (κ1) is 17.3. The number of unbranched alkanes of at least 4 members (excludes halogenated alkanes) is 3. The van der Waals surface area contributed by atoms with Crippen LogP contribution in [-0.4, -0.2) is 11.0 Å². The summed E-state index contributed by atoms with van der Waals surface area (Å²) >= 11 is 0. The van der Waals surface area contributed by atoms with Gasteiger partial charge in [0.1, 0.15) is 0 Å². The number of hydrogen-bond donors (Lipinski definition) is 1. The second-order valence-electron chi connectivity index (χ2n) is 6.36. The summed E-state index contributed by atoms with van der Waals surface area (Å²) in [6, 6.07) is 17.2. The Bertz CT molecular complexity index is 804. The average Bonchev–Trinajstić information content (AvgIpc) is 2.85. The molecule has 0 aromatic heterocycles. The number of nitrogens with zero attached hydrogens (tertiary/aromatic N) is 1. The van der Waals surface area contributed by atoms with E-state index in [-0.39, 0.29) is 5.91 Å². The van der Waals surface area contributed by atoms with Crippen LogP contribution in [0, 0.1) is 11.8 Å². The van der Waals surface area contributed by atoms with Crippen molar-refractivity contribution in [3.05, 3.63) is 65.7 Å². The highest BCUT2D eigenvalue weighted by Gasteiger charge is 2.48. The van der Waals surface area contributed by atoms with Crippen LogP contribution >= 0.6 is 0 Å². The average molecular weight is 333 g/mol. The van der Waals surface area contributed by atoms with Gasteiger partial charge in [-0.2, -0.15) is 0 Å². The lowest BCUT2D eigenvalue weighted by Crippen LogP contribution is -2.39. The first-order chi connectivity index (χ1) is 12.2. The minimum atomic E-state index is -1.74. The maximum Gasteiger partial charge on any atom is 0.276 e. The second kappa shape index (κ2) is 7.55. The quantitative estimate of drug-likeness (QED) is 0.663. The van der Waals surface area contributed by atoms with E-state index in [1.807, 2.05) is 48.5 Å². The Morgan fingerprint density at radius 3 is 2.52 bits per heavy atom. The van der Waals surface area contributed by atoms with Crippen LogP contribution < -0.4 is 4.90 Å². The maximum absolute atomic E-state index is 13.0. The Labute approximate surface area is 149 Å². The third kappa shape index (κ3) is 3.45. The van der Waals surface area contributed by atoms with Crippen LogP contribution in [0.15, 0.2) is 54.6 Å². The number of amides is 1. The van der Waals surface area contributed by atoms with Gasteiger partial charge in [-0.3, -0.25) is 4.79 Å². The van der Waals surface area contributed by atoms with E-state index in [0.29, 0.717) is 18.5 Å². The topological polar surface area (TPSA) is 40.5 Å². The molecule has 0 saturated carbocycles. The molecule has 1 aliphatic heterocycles. The fourth-order valence-electron chi connectivity index (χ4n) is 3.13. The summed E-state index contributed by atoms with van der Waals surface area (Å²) in [4.78, 5) is 14.6. The molecule has 0 saturated heterocycles. The number of benzene rings is 2. The van der Waals surface area contributed by atoms with Crippen LogP contribution in [0.5, 0.6) is 0 Å². The summed E-state index contributed by atoms with van der Waals surface area (Å²) in [7, 11) is 0. The minimum absolute atomic E-state index is 0.361. The minimum Gasteiger partial charge on any atom is -0.366 e. The summed E-state index contributed by atoms with van der Waals surface area (Å²) in [6.07, 6.45) is 3.92. The third-order valence-corrected chi connectivity index (χ3v) is 4.50. The Morgan fingerprint density at radius 1 is 1.04 bits per heavy atom. The van der Waals surface area contributed by atoms with E-state index in [4.69, 9.17) is 0 Å². The molecular weight excluding hydrogens is 310 g/mol. The van der Waals surface area contributed by atoms with Crippen molar-refractivity contribution >= 4 is 11.6 Å². The zero-order chi connectivity index (χ0) is 17.7. The van der Waals surface area contributed by atoms with Gasteiger partial charge in [-0.05, 0) is 18.1 Å². The monoisotopic (exact) mass is 333 g/mol. The molecule has 3 heteroatoms. The molecule has 2 aromatic carbocycles. The van der Waals surface area contributed by atoms with Crippen LogP contribution in [-0.2, 0) is 16.9 Å². The number of para-hydroxylation sites is 1. The van der Waals surface area contributed by atoms with Crippen LogP contribution in [0.3, 0.4) is 0 Å². The van der Waals surface area contributed by atoms with Gasteiger partial charge in [0, 0.05) is 12.0 Å². The molecule has 0 spiro atoms. The van der Waals surface area contributed by atoms with Gasteiger partial charge in [0.2, 0.25) is 5.60 Å². The maximum atomic E-state index is 13.0. The molecule has 25 heavy (non-hydrogen) atoms. The highest BCUT2D eigenvalue weighted by atomic mass is 16.3. The van der Waals surface area contributed by atoms with Crippen molar-refractivity contribution in [2.75, 3.05) is 4.90 Å². The predicted octanol–water partition coefficient (Wildman–Crippen LogP) is 4.00. The summed E-state index contributed by atoms with van der Waals surface area (Å²) in [5, 5.41) is 11.1. The molecule has 0 bridgehead atoms. The van der Waals surface area contributed by atoms with E-state index in [2.05, 4.69) is 18.8 Å². The number of fused-ring (bicyclic) bond motifs is 1. The molecule has 0 radical (unpaired) electrons. The lowest BCUT2D eigenvalue weighted by molar-refractivity contribution is -0.130. The van der Waals surface area contributed by atoms with Crippen LogP contribution in [0.1, 0.15) is 43.7 Å². The molecule has 3 nitrogen and oxygen atoms in total. The number of carbonyl (C=O) groups excluding carboxylic acids is 1. The Morgan fingerprint density at radius 2 is 1.76 bits per heavy atom. The number of aliphatic hydroxyl groups is 1. The number of carbonyl (C=O) groups is 1. The number of anilines is 1. The lowest BCUT2D eigenvalue weighted by Gasteiger charge is -2.19. The molecule has 1 aliphatic rings. The molecule has 2 aromatic rings. The van der Waals surface area contributed by atoms with Gasteiger partial charge in [0.15, 0.2) is 0 Å². The smallest absolute Gasteiger partial charge is 0.276 e. The highest BCUT2D eigenvalue weighted by Crippen LogP contribution is 2.40. The van der Waals surface area contributed by atoms with E-state index in [1.54, 1.807) is 11.0 Å². The van der Waals surface area contributed by atoms with E-state index in [0.717, 1.165) is 30.5 Å². The molecule has 1 unspecified atom stereocenters. The molecule has 1 heterocycles. The van der Waals surface area contributed by atoms with Crippen molar-refractivity contribution in [3.63, 3.8) is 0 Å². The number of rotatable bonds is 5. The molecular formula is C22H23NO2. The SMILES string of the molecule is CCCCCC#CC1(O)C(=O)N(Cc2ccccc2)c2ccccc21. The fourth-order valence-corrected chi connectivity index (χ4v) is 3.13. The van der Waals surface area contributed by atoms with E-state index >= 15 is 0 Å². The zero-order valence-electron chi connectivity index (χ0n) is 14.5. The first-order valence-electron chi connectivity index (χ1n) is 8.84. The molecule has 1 atom stereocenters. The number of hydrogen-bond acceptors (Lipinski definition) is 2. The predicted molar refractivity (Wildman–Crippen MR) is 99.9 cm³/mol. The van der Waals surface area contributed by atoms with Gasteiger partial charge >= 0.3 is 0 Å². The first-order valence-corrected chi connectivity index (χ1v) is 8.84. The Hall–Kier alpha value is -2.57. The molecule has 1 N–H and O–H groups in total. The van der Waals surface area contributed by atoms with E-state index in [1.165, 1.54) is 0 Å². The van der Waals surface area contributed by atoms with E-state index in [9.17, 15) is 9.90 Å². The van der Waals surface area contributed by atoms with Crippen LogP contribution in [0.2, 0.25) is 0 Å². The summed E-state index contributed by atoms with van der Waals surface area (Å²) in [5.74, 6) is 5.50. The largest absolute Gasteiger partial charge is 0.366 e. The Balaban J connectivity index is 1.89. The summed E-state index contributed by atoms with van der Waals surface area (Å²) in [6.45, 7) is 2.57. The Kier molecular flexibility index (Phi) is 5.21. The second-order valence-corrected chi connectivity index (χ2v) is 6.36. The molecule has 1 amide bonds. The van der Waals surface area contributed by atoms with E-state index < -0.39 is 5.60 Å². The lowest BCUT2D eigenvalue weighted by atomic mass is 9.96. The summed E-state index contributed by atoms with van der Waals surface area (Å²) < 4.78 is 0. The van der Waals surface area contributed by atoms with Crippen molar-refractivity contribution in [2.45, 2.75) is 44.8 Å². The van der Waals surface area contributed by atoms with Gasteiger partial charge in [-0.15, -0.1) is 0 Å². The van der Waals surface area contributed by atoms with Crippen molar-refractivity contribution in [1.29, 1.82) is 0 Å². The fraction of sp³-hybridized carbons (Fsp3) is 0.318. The standard InChI is InChI=1S/C22H23NO2/c1-2-3-4-5-11-16-22(25)19-14-9-10-15-20(19)23(21(22)24)17-18-12-7-6-8-13-18/h6-10,12-15,25H,2-5,17H2,1H3. The normalized spacial score (nSPS) is 18.6. The van der Waals surface area contributed by atoms with Gasteiger partial charge in [-0.25, -0.2) is 0 Å². The van der Waals surface area contributed by atoms with Gasteiger partial charge in [0.25, 0.3) is 5.91 Å². The molecule has 128 valence electrons. The van der Waals surface area contributed by atoms with Crippen molar-refractivity contribution in [2.24, 2.45) is 0 Å². The molecule has 3 rings (SSSR count). The summed E-state index contributed by atoms with van der Waals surface area (Å²) in [5.41, 5.74) is 0.601. The van der Waals surface area contributed by atoms with Gasteiger partial charge in [0.05, 0.1) is 12.2 Å². The molecule has 0 aliphatic carbocycles. The van der Waals surface area contributed by atoms with Crippen LogP contribution in [0.25, 0.3) is 0 Å². The van der Waals surface area contributed by atoms with Crippen molar-refractivity contribution in [1.82, 2.24) is 0 Å². The van der Waals surface area contributed by atoms with Crippen molar-refractivity contribution < 1.29 is 9.90 Å². The zero-order valence-corrected chi connectivity index (χ0v) is 14.5. The van der Waals surface area contributed by atoms with Crippen molar-refractivity contribution in [3.8, 4) is 11.8 Å². The van der Waals surface area contributed by atoms with Gasteiger partial charge < -0.3 is 10.0 Å².